The highest BCUT2D eigenvalue weighted by atomic mass is 16.5. The Kier molecular flexibility index (Phi) is 7.11. The lowest BCUT2D eigenvalue weighted by atomic mass is 10.1. The molecule has 3 amide bonds. The van der Waals surface area contributed by atoms with Gasteiger partial charge in [0.05, 0.1) is 18.4 Å². The number of nitrogens with one attached hydrogen (secondary N) is 3. The summed E-state index contributed by atoms with van der Waals surface area (Å²) in [6.45, 7) is 0.415. The molecule has 0 aliphatic rings. The van der Waals surface area contributed by atoms with E-state index < -0.39 is 6.03 Å². The van der Waals surface area contributed by atoms with Crippen LogP contribution in [-0.2, 0) is 6.54 Å². The number of carbonyl (C=O) groups is 2. The van der Waals surface area contributed by atoms with Crippen molar-refractivity contribution in [3.8, 4) is 5.75 Å². The van der Waals surface area contributed by atoms with E-state index in [1.807, 2.05) is 55.4 Å². The Bertz CT molecular complexity index is 1050. The molecule has 0 atom stereocenters. The molecule has 7 nitrogen and oxygen atoms in total. The lowest BCUT2D eigenvalue weighted by molar-refractivity contribution is 0.0951. The maximum Gasteiger partial charge on any atom is 0.323 e. The maximum absolute atomic E-state index is 12.9. The molecule has 0 unspecified atom stereocenters. The number of hydrogen-bond acceptors (Lipinski definition) is 4. The fourth-order valence-electron chi connectivity index (χ4n) is 3.09. The second kappa shape index (κ2) is 10.2. The average Bonchev–Trinajstić information content (AvgIpc) is 2.78. The number of anilines is 3. The average molecular weight is 418 g/mol. The van der Waals surface area contributed by atoms with Crippen molar-refractivity contribution in [1.82, 2.24) is 5.32 Å². The summed E-state index contributed by atoms with van der Waals surface area (Å²) in [5.41, 5.74) is 3.28. The van der Waals surface area contributed by atoms with E-state index in [1.165, 1.54) is 0 Å². The summed E-state index contributed by atoms with van der Waals surface area (Å²) < 4.78 is 5.25. The van der Waals surface area contributed by atoms with Gasteiger partial charge in [0.2, 0.25) is 0 Å². The minimum Gasteiger partial charge on any atom is -0.495 e. The molecular weight excluding hydrogens is 392 g/mol. The smallest absolute Gasteiger partial charge is 0.323 e. The van der Waals surface area contributed by atoms with E-state index in [1.54, 1.807) is 43.5 Å². The van der Waals surface area contributed by atoms with Crippen LogP contribution >= 0.6 is 0 Å². The van der Waals surface area contributed by atoms with Crippen LogP contribution in [0.15, 0.2) is 72.8 Å². The molecule has 3 aromatic rings. The molecule has 0 heterocycles. The second-order valence-electron chi connectivity index (χ2n) is 7.07. The van der Waals surface area contributed by atoms with Crippen LogP contribution in [0.25, 0.3) is 0 Å². The van der Waals surface area contributed by atoms with E-state index in [0.29, 0.717) is 29.2 Å². The van der Waals surface area contributed by atoms with Gasteiger partial charge in [-0.3, -0.25) is 4.79 Å². The molecule has 160 valence electrons. The van der Waals surface area contributed by atoms with Crippen LogP contribution < -0.4 is 25.6 Å². The van der Waals surface area contributed by atoms with Crippen LogP contribution in [-0.4, -0.2) is 33.1 Å². The lowest BCUT2D eigenvalue weighted by Crippen LogP contribution is -2.26. The number of methoxy groups -OCH3 is 1. The number of urea groups is 1. The molecule has 0 spiro atoms. The lowest BCUT2D eigenvalue weighted by Gasteiger charge is -2.19. The summed E-state index contributed by atoms with van der Waals surface area (Å²) in [4.78, 5) is 27.2. The number of para-hydroxylation sites is 2. The van der Waals surface area contributed by atoms with Gasteiger partial charge in [0.25, 0.3) is 5.91 Å². The van der Waals surface area contributed by atoms with E-state index in [0.717, 1.165) is 11.3 Å². The molecule has 0 aliphatic heterocycles. The SMILES string of the molecule is COc1ccccc1NC(=O)Nc1ccc(N(C)C)c(C(=O)NCc2ccccc2)c1. The topological polar surface area (TPSA) is 82.7 Å². The number of benzene rings is 3. The normalized spacial score (nSPS) is 10.2. The van der Waals surface area contributed by atoms with Crippen LogP contribution in [0.1, 0.15) is 15.9 Å². The van der Waals surface area contributed by atoms with Crippen LogP contribution in [0.4, 0.5) is 21.9 Å². The largest absolute Gasteiger partial charge is 0.495 e. The van der Waals surface area contributed by atoms with Gasteiger partial charge in [0.15, 0.2) is 0 Å². The predicted octanol–water partition coefficient (Wildman–Crippen LogP) is 4.34. The first-order valence-electron chi connectivity index (χ1n) is 9.82. The summed E-state index contributed by atoms with van der Waals surface area (Å²) in [5.74, 6) is 0.336. The predicted molar refractivity (Wildman–Crippen MR) is 124 cm³/mol. The summed E-state index contributed by atoms with van der Waals surface area (Å²) in [6, 6.07) is 21.6. The number of ether oxygens (including phenoxy) is 1. The number of amides is 3. The third kappa shape index (κ3) is 5.76. The van der Waals surface area contributed by atoms with Gasteiger partial charge >= 0.3 is 6.03 Å². The highest BCUT2D eigenvalue weighted by Crippen LogP contribution is 2.25. The monoisotopic (exact) mass is 418 g/mol. The van der Waals surface area contributed by atoms with Gasteiger partial charge in [-0.25, -0.2) is 4.79 Å². The van der Waals surface area contributed by atoms with Crippen LogP contribution in [0.3, 0.4) is 0 Å². The highest BCUT2D eigenvalue weighted by molar-refractivity contribution is 6.04. The Morgan fingerprint density at radius 2 is 1.61 bits per heavy atom. The summed E-state index contributed by atoms with van der Waals surface area (Å²) in [5, 5.41) is 8.46. The number of carbonyl (C=O) groups excluding carboxylic acids is 2. The van der Waals surface area contributed by atoms with E-state index >= 15 is 0 Å². The molecule has 3 rings (SSSR count). The Morgan fingerprint density at radius 3 is 2.32 bits per heavy atom. The van der Waals surface area contributed by atoms with Gasteiger partial charge in [-0.1, -0.05) is 42.5 Å². The van der Waals surface area contributed by atoms with Gasteiger partial charge in [-0.15, -0.1) is 0 Å². The Labute approximate surface area is 182 Å². The molecule has 0 aliphatic carbocycles. The summed E-state index contributed by atoms with van der Waals surface area (Å²) in [7, 11) is 5.27. The molecule has 7 heteroatoms. The van der Waals surface area contributed by atoms with Crippen molar-refractivity contribution >= 4 is 29.0 Å². The quantitative estimate of drug-likeness (QED) is 0.533. The Balaban J connectivity index is 1.74. The van der Waals surface area contributed by atoms with E-state index in [2.05, 4.69) is 16.0 Å². The number of nitrogens with zero attached hydrogens (tertiary/aromatic N) is 1. The Morgan fingerprint density at radius 1 is 0.903 bits per heavy atom. The van der Waals surface area contributed by atoms with E-state index in [9.17, 15) is 9.59 Å². The zero-order valence-electron chi connectivity index (χ0n) is 17.8. The molecule has 0 saturated heterocycles. The molecular formula is C24H26N4O3. The molecule has 3 aromatic carbocycles. The van der Waals surface area contributed by atoms with Crippen LogP contribution in [0.5, 0.6) is 5.75 Å². The van der Waals surface area contributed by atoms with E-state index in [4.69, 9.17) is 4.74 Å². The zero-order valence-corrected chi connectivity index (χ0v) is 17.8. The fourth-order valence-corrected chi connectivity index (χ4v) is 3.09. The van der Waals surface area contributed by atoms with Gasteiger partial charge in [-0.05, 0) is 35.9 Å². The first-order valence-corrected chi connectivity index (χ1v) is 9.82. The van der Waals surface area contributed by atoms with Gasteiger partial charge in [0.1, 0.15) is 5.75 Å². The van der Waals surface area contributed by atoms with Crippen LogP contribution in [0.2, 0.25) is 0 Å². The molecule has 3 N–H and O–H groups in total. The molecule has 31 heavy (non-hydrogen) atoms. The third-order valence-corrected chi connectivity index (χ3v) is 4.63. The fraction of sp³-hybridized carbons (Fsp3) is 0.167. The first-order chi connectivity index (χ1) is 15.0. The summed E-state index contributed by atoms with van der Waals surface area (Å²) in [6.07, 6.45) is 0. The molecule has 0 fully saturated rings. The van der Waals surface area contributed by atoms with Crippen molar-refractivity contribution in [1.29, 1.82) is 0 Å². The second-order valence-corrected chi connectivity index (χ2v) is 7.07. The van der Waals surface area contributed by atoms with E-state index in [-0.39, 0.29) is 5.91 Å². The minimum absolute atomic E-state index is 0.221. The van der Waals surface area contributed by atoms with Gasteiger partial charge in [0, 0.05) is 32.0 Å². The van der Waals surface area contributed by atoms with Crippen LogP contribution in [0, 0.1) is 0 Å². The van der Waals surface area contributed by atoms with Crippen molar-refractivity contribution < 1.29 is 14.3 Å². The van der Waals surface area contributed by atoms with Crippen molar-refractivity contribution in [3.63, 3.8) is 0 Å². The zero-order chi connectivity index (χ0) is 22.2. The standard InChI is InChI=1S/C24H26N4O3/c1-28(2)21-14-13-18(26-24(30)27-20-11-7-8-12-22(20)31-3)15-19(21)23(29)25-16-17-9-5-4-6-10-17/h4-15H,16H2,1-3H3,(H,25,29)(H2,26,27,30). The molecule has 0 bridgehead atoms. The van der Waals surface area contributed by atoms with Gasteiger partial charge in [-0.2, -0.15) is 0 Å². The highest BCUT2D eigenvalue weighted by Gasteiger charge is 2.15. The number of rotatable bonds is 7. The van der Waals surface area contributed by atoms with Crippen molar-refractivity contribution in [2.45, 2.75) is 6.54 Å². The minimum atomic E-state index is -0.433. The maximum atomic E-state index is 12.9. The van der Waals surface area contributed by atoms with Crippen molar-refractivity contribution in [2.24, 2.45) is 0 Å². The Hall–Kier alpha value is -4.00. The van der Waals surface area contributed by atoms with Crippen molar-refractivity contribution in [2.75, 3.05) is 36.7 Å². The number of hydrogen-bond donors (Lipinski definition) is 3. The molecule has 0 aromatic heterocycles. The van der Waals surface area contributed by atoms with Crippen molar-refractivity contribution in [3.05, 3.63) is 83.9 Å². The third-order valence-electron chi connectivity index (χ3n) is 4.63. The molecule has 0 radical (unpaired) electrons. The first kappa shape index (κ1) is 21.7. The molecule has 0 saturated carbocycles. The summed E-state index contributed by atoms with van der Waals surface area (Å²) >= 11 is 0. The van der Waals surface area contributed by atoms with Gasteiger partial charge < -0.3 is 25.6 Å².